The van der Waals surface area contributed by atoms with Crippen molar-refractivity contribution in [1.29, 1.82) is 0 Å². The average molecular weight is 369 g/mol. The third kappa shape index (κ3) is 4.52. The van der Waals surface area contributed by atoms with Gasteiger partial charge in [0.2, 0.25) is 0 Å². The lowest BCUT2D eigenvalue weighted by Crippen LogP contribution is -2.51. The fraction of sp³-hybridized carbons (Fsp3) is 0.300. The van der Waals surface area contributed by atoms with Crippen LogP contribution in [0.1, 0.15) is 17.3 Å². The molecule has 1 N–H and O–H groups in total. The molecule has 0 unspecified atom stereocenters. The zero-order valence-corrected chi connectivity index (χ0v) is 15.7. The summed E-state index contributed by atoms with van der Waals surface area (Å²) < 4.78 is 5.44. The summed E-state index contributed by atoms with van der Waals surface area (Å²) in [5.41, 5.74) is 1.66. The number of ether oxygens (including phenoxy) is 1. The summed E-state index contributed by atoms with van der Waals surface area (Å²) >= 11 is 5.52. The van der Waals surface area contributed by atoms with E-state index in [0.29, 0.717) is 24.8 Å². The molecule has 1 amide bonds. The van der Waals surface area contributed by atoms with Crippen LogP contribution < -0.4 is 10.1 Å². The maximum absolute atomic E-state index is 12.5. The second-order valence-corrected chi connectivity index (χ2v) is 6.42. The van der Waals surface area contributed by atoms with E-state index in [4.69, 9.17) is 17.0 Å². The third-order valence-corrected chi connectivity index (χ3v) is 4.65. The molecular formula is C20H23N3O2S. The Balaban J connectivity index is 1.51. The number of piperazine rings is 1. The van der Waals surface area contributed by atoms with Crippen LogP contribution in [-0.4, -0.2) is 53.6 Å². The first kappa shape index (κ1) is 18.2. The molecule has 1 saturated heterocycles. The van der Waals surface area contributed by atoms with Gasteiger partial charge < -0.3 is 19.9 Å². The summed E-state index contributed by atoms with van der Waals surface area (Å²) in [7, 11) is 0. The van der Waals surface area contributed by atoms with Crippen LogP contribution in [0.3, 0.4) is 0 Å². The molecule has 0 bridgehead atoms. The number of benzene rings is 2. The van der Waals surface area contributed by atoms with E-state index in [2.05, 4.69) is 10.2 Å². The Bertz CT molecular complexity index is 741. The molecule has 2 aromatic carbocycles. The number of nitrogens with one attached hydrogen (secondary N) is 1. The van der Waals surface area contributed by atoms with Crippen LogP contribution in [0.5, 0.6) is 5.75 Å². The summed E-state index contributed by atoms with van der Waals surface area (Å²) in [6.07, 6.45) is 0. The van der Waals surface area contributed by atoms with Crippen LogP contribution in [0.25, 0.3) is 0 Å². The lowest BCUT2D eigenvalue weighted by atomic mass is 10.2. The summed E-state index contributed by atoms with van der Waals surface area (Å²) in [5.74, 6) is 0.924. The van der Waals surface area contributed by atoms with Crippen molar-refractivity contribution in [2.75, 3.05) is 38.1 Å². The molecule has 5 nitrogen and oxygen atoms in total. The Morgan fingerprint density at radius 2 is 1.62 bits per heavy atom. The van der Waals surface area contributed by atoms with Crippen molar-refractivity contribution in [3.05, 3.63) is 60.2 Å². The van der Waals surface area contributed by atoms with Crippen LogP contribution in [-0.2, 0) is 0 Å². The molecular weight excluding hydrogens is 346 g/mol. The molecule has 0 aromatic heterocycles. The first-order valence-corrected chi connectivity index (χ1v) is 9.21. The normalized spacial score (nSPS) is 14.0. The number of thiocarbonyl (C=S) groups is 1. The highest BCUT2D eigenvalue weighted by molar-refractivity contribution is 7.80. The van der Waals surface area contributed by atoms with Gasteiger partial charge in [-0.05, 0) is 55.5 Å². The quantitative estimate of drug-likeness (QED) is 0.839. The molecule has 0 radical (unpaired) electrons. The molecule has 26 heavy (non-hydrogen) atoms. The van der Waals surface area contributed by atoms with Gasteiger partial charge in [0.25, 0.3) is 5.91 Å². The Kier molecular flexibility index (Phi) is 6.07. The van der Waals surface area contributed by atoms with Crippen LogP contribution >= 0.6 is 12.2 Å². The number of carbonyl (C=O) groups is 1. The summed E-state index contributed by atoms with van der Waals surface area (Å²) in [4.78, 5) is 16.5. The Labute approximate surface area is 159 Å². The molecule has 1 fully saturated rings. The second kappa shape index (κ2) is 8.67. The number of carbonyl (C=O) groups excluding carboxylic acids is 1. The van der Waals surface area contributed by atoms with E-state index in [1.165, 1.54) is 0 Å². The zero-order chi connectivity index (χ0) is 18.4. The molecule has 0 saturated carbocycles. The van der Waals surface area contributed by atoms with Gasteiger partial charge in [-0.25, -0.2) is 0 Å². The fourth-order valence-electron chi connectivity index (χ4n) is 2.88. The van der Waals surface area contributed by atoms with Crippen molar-refractivity contribution < 1.29 is 9.53 Å². The van der Waals surface area contributed by atoms with Crippen LogP contribution in [0.2, 0.25) is 0 Å². The van der Waals surface area contributed by atoms with E-state index in [-0.39, 0.29) is 5.91 Å². The minimum absolute atomic E-state index is 0.0793. The number of hydrogen-bond donors (Lipinski definition) is 1. The largest absolute Gasteiger partial charge is 0.494 e. The highest BCUT2D eigenvalue weighted by Crippen LogP contribution is 2.17. The summed E-state index contributed by atoms with van der Waals surface area (Å²) in [6, 6.07) is 17.1. The molecule has 3 rings (SSSR count). The minimum Gasteiger partial charge on any atom is -0.494 e. The maximum atomic E-state index is 12.5. The minimum atomic E-state index is 0.0793. The van der Waals surface area contributed by atoms with Gasteiger partial charge in [0.15, 0.2) is 5.11 Å². The van der Waals surface area contributed by atoms with E-state index in [0.717, 1.165) is 30.1 Å². The fourth-order valence-corrected chi connectivity index (χ4v) is 3.18. The van der Waals surface area contributed by atoms with Gasteiger partial charge in [-0.15, -0.1) is 0 Å². The monoisotopic (exact) mass is 369 g/mol. The lowest BCUT2D eigenvalue weighted by Gasteiger charge is -2.36. The van der Waals surface area contributed by atoms with Gasteiger partial charge in [-0.3, -0.25) is 4.79 Å². The predicted octanol–water partition coefficient (Wildman–Crippen LogP) is 3.24. The second-order valence-electron chi connectivity index (χ2n) is 6.03. The van der Waals surface area contributed by atoms with E-state index in [9.17, 15) is 4.79 Å². The van der Waals surface area contributed by atoms with Crippen molar-refractivity contribution in [3.63, 3.8) is 0 Å². The topological polar surface area (TPSA) is 44.8 Å². The van der Waals surface area contributed by atoms with Crippen molar-refractivity contribution in [2.24, 2.45) is 0 Å². The number of anilines is 1. The molecule has 0 aliphatic carbocycles. The Hall–Kier alpha value is -2.60. The van der Waals surface area contributed by atoms with Crippen LogP contribution in [0.15, 0.2) is 54.6 Å². The molecule has 1 heterocycles. The molecule has 136 valence electrons. The van der Waals surface area contributed by atoms with Crippen molar-refractivity contribution >= 4 is 28.9 Å². The van der Waals surface area contributed by atoms with Crippen molar-refractivity contribution in [1.82, 2.24) is 9.80 Å². The summed E-state index contributed by atoms with van der Waals surface area (Å²) in [5, 5.41) is 3.94. The number of rotatable bonds is 4. The standard InChI is InChI=1S/C20H23N3O2S/c1-2-25-18-10-8-17(9-11-18)21-20(26)23-14-12-22(13-15-23)19(24)16-6-4-3-5-7-16/h3-11H,2,12-15H2,1H3,(H,21,26). The zero-order valence-electron chi connectivity index (χ0n) is 14.9. The third-order valence-electron chi connectivity index (χ3n) is 4.29. The summed E-state index contributed by atoms with van der Waals surface area (Å²) in [6.45, 7) is 5.39. The molecule has 1 aliphatic heterocycles. The Morgan fingerprint density at radius 3 is 2.23 bits per heavy atom. The van der Waals surface area contributed by atoms with E-state index in [1.54, 1.807) is 0 Å². The predicted molar refractivity (Wildman–Crippen MR) is 108 cm³/mol. The molecule has 2 aromatic rings. The number of nitrogens with zero attached hydrogens (tertiary/aromatic N) is 2. The van der Waals surface area contributed by atoms with Gasteiger partial charge >= 0.3 is 0 Å². The highest BCUT2D eigenvalue weighted by Gasteiger charge is 2.23. The van der Waals surface area contributed by atoms with Crippen LogP contribution in [0, 0.1) is 0 Å². The SMILES string of the molecule is CCOc1ccc(NC(=S)N2CCN(C(=O)c3ccccc3)CC2)cc1. The van der Waals surface area contributed by atoms with Crippen LogP contribution in [0.4, 0.5) is 5.69 Å². The lowest BCUT2D eigenvalue weighted by molar-refractivity contribution is 0.0693. The number of hydrogen-bond acceptors (Lipinski definition) is 3. The smallest absolute Gasteiger partial charge is 0.253 e. The first-order chi connectivity index (χ1) is 12.7. The maximum Gasteiger partial charge on any atom is 0.253 e. The molecule has 0 spiro atoms. The van der Waals surface area contributed by atoms with E-state index < -0.39 is 0 Å². The van der Waals surface area contributed by atoms with E-state index in [1.807, 2.05) is 66.4 Å². The van der Waals surface area contributed by atoms with Gasteiger partial charge in [0.05, 0.1) is 6.61 Å². The van der Waals surface area contributed by atoms with Crippen molar-refractivity contribution in [2.45, 2.75) is 6.92 Å². The number of amides is 1. The van der Waals surface area contributed by atoms with E-state index >= 15 is 0 Å². The highest BCUT2D eigenvalue weighted by atomic mass is 32.1. The first-order valence-electron chi connectivity index (χ1n) is 8.80. The Morgan fingerprint density at radius 1 is 1.00 bits per heavy atom. The molecule has 0 atom stereocenters. The van der Waals surface area contributed by atoms with Gasteiger partial charge in [-0.1, -0.05) is 18.2 Å². The van der Waals surface area contributed by atoms with Crippen molar-refractivity contribution in [3.8, 4) is 5.75 Å². The van der Waals surface area contributed by atoms with Gasteiger partial charge in [-0.2, -0.15) is 0 Å². The van der Waals surface area contributed by atoms with Gasteiger partial charge in [0, 0.05) is 37.4 Å². The molecule has 1 aliphatic rings. The van der Waals surface area contributed by atoms with Gasteiger partial charge in [0.1, 0.15) is 5.75 Å². The average Bonchev–Trinajstić information content (AvgIpc) is 2.70. The molecule has 6 heteroatoms.